The van der Waals surface area contributed by atoms with E-state index in [1.54, 1.807) is 0 Å². The first-order valence-corrected chi connectivity index (χ1v) is 5.98. The predicted octanol–water partition coefficient (Wildman–Crippen LogP) is 3.33. The van der Waals surface area contributed by atoms with Gasteiger partial charge in [-0.05, 0) is 36.2 Å². The maximum Gasteiger partial charge on any atom is 0.0541 e. The molecule has 0 saturated carbocycles. The van der Waals surface area contributed by atoms with E-state index in [1.165, 1.54) is 11.1 Å². The minimum absolute atomic E-state index is 0.771. The second kappa shape index (κ2) is 5.80. The highest BCUT2D eigenvalue weighted by molar-refractivity contribution is 6.30. The van der Waals surface area contributed by atoms with Gasteiger partial charge in [0, 0.05) is 24.3 Å². The highest BCUT2D eigenvalue weighted by atomic mass is 35.5. The van der Waals surface area contributed by atoms with Gasteiger partial charge in [-0.3, -0.25) is 4.98 Å². The van der Waals surface area contributed by atoms with Crippen molar-refractivity contribution >= 4 is 11.6 Å². The number of rotatable bonds is 4. The Kier molecular flexibility index (Phi) is 4.13. The van der Waals surface area contributed by atoms with E-state index in [9.17, 15) is 0 Å². The van der Waals surface area contributed by atoms with E-state index < -0.39 is 0 Å². The van der Waals surface area contributed by atoms with Crippen LogP contribution in [0.25, 0.3) is 0 Å². The number of halogens is 1. The SMILES string of the molecule is Cc1ccc(CNCc2cccc(Cl)c2)nc1. The summed E-state index contributed by atoms with van der Waals surface area (Å²) in [5.74, 6) is 0. The molecule has 1 aromatic carbocycles. The van der Waals surface area contributed by atoms with E-state index in [4.69, 9.17) is 11.6 Å². The quantitative estimate of drug-likeness (QED) is 0.895. The third-order valence-electron chi connectivity index (χ3n) is 2.50. The van der Waals surface area contributed by atoms with E-state index in [1.807, 2.05) is 37.4 Å². The summed E-state index contributed by atoms with van der Waals surface area (Å²) < 4.78 is 0. The maximum absolute atomic E-state index is 5.92. The molecule has 0 radical (unpaired) electrons. The lowest BCUT2D eigenvalue weighted by Crippen LogP contribution is -2.13. The maximum atomic E-state index is 5.92. The summed E-state index contributed by atoms with van der Waals surface area (Å²) in [6, 6.07) is 12.0. The van der Waals surface area contributed by atoms with Crippen LogP contribution in [-0.4, -0.2) is 4.98 Å². The van der Waals surface area contributed by atoms with Gasteiger partial charge in [0.15, 0.2) is 0 Å². The molecule has 2 nitrogen and oxygen atoms in total. The lowest BCUT2D eigenvalue weighted by molar-refractivity contribution is 0.679. The van der Waals surface area contributed by atoms with Gasteiger partial charge in [-0.1, -0.05) is 29.8 Å². The number of pyridine rings is 1. The molecule has 2 rings (SSSR count). The van der Waals surface area contributed by atoms with Gasteiger partial charge in [0.25, 0.3) is 0 Å². The average molecular weight is 247 g/mol. The van der Waals surface area contributed by atoms with Crippen molar-refractivity contribution in [2.45, 2.75) is 20.0 Å². The van der Waals surface area contributed by atoms with Crippen molar-refractivity contribution in [2.75, 3.05) is 0 Å². The number of hydrogen-bond acceptors (Lipinski definition) is 2. The van der Waals surface area contributed by atoms with Crippen LogP contribution in [0, 0.1) is 6.92 Å². The Morgan fingerprint density at radius 1 is 1.18 bits per heavy atom. The highest BCUT2D eigenvalue weighted by Crippen LogP contribution is 2.10. The van der Waals surface area contributed by atoms with Gasteiger partial charge in [0.1, 0.15) is 0 Å². The summed E-state index contributed by atoms with van der Waals surface area (Å²) in [4.78, 5) is 4.34. The minimum atomic E-state index is 0.771. The van der Waals surface area contributed by atoms with Crippen molar-refractivity contribution in [1.29, 1.82) is 0 Å². The van der Waals surface area contributed by atoms with Crippen molar-refractivity contribution in [1.82, 2.24) is 10.3 Å². The minimum Gasteiger partial charge on any atom is -0.307 e. The number of nitrogens with zero attached hydrogens (tertiary/aromatic N) is 1. The molecule has 3 heteroatoms. The third kappa shape index (κ3) is 3.84. The molecule has 0 aliphatic carbocycles. The Morgan fingerprint density at radius 3 is 2.76 bits per heavy atom. The second-order valence-corrected chi connectivity index (χ2v) is 4.50. The first kappa shape index (κ1) is 12.1. The fourth-order valence-electron chi connectivity index (χ4n) is 1.58. The first-order chi connectivity index (χ1) is 8.24. The van der Waals surface area contributed by atoms with Gasteiger partial charge in [0.05, 0.1) is 5.69 Å². The molecule has 0 amide bonds. The molecular formula is C14H15ClN2. The number of benzene rings is 1. The summed E-state index contributed by atoms with van der Waals surface area (Å²) in [5.41, 5.74) is 3.42. The second-order valence-electron chi connectivity index (χ2n) is 4.06. The average Bonchev–Trinajstić information content (AvgIpc) is 2.32. The lowest BCUT2D eigenvalue weighted by atomic mass is 10.2. The van der Waals surface area contributed by atoms with E-state index in [0.717, 1.165) is 23.8 Å². The summed E-state index contributed by atoms with van der Waals surface area (Å²) in [5, 5.41) is 4.12. The van der Waals surface area contributed by atoms with Crippen molar-refractivity contribution < 1.29 is 0 Å². The van der Waals surface area contributed by atoms with Gasteiger partial charge in [-0.2, -0.15) is 0 Å². The van der Waals surface area contributed by atoms with Crippen LogP contribution in [0.2, 0.25) is 5.02 Å². The Balaban J connectivity index is 1.85. The lowest BCUT2D eigenvalue weighted by Gasteiger charge is -2.05. The van der Waals surface area contributed by atoms with Gasteiger partial charge < -0.3 is 5.32 Å². The molecule has 0 spiro atoms. The summed E-state index contributed by atoms with van der Waals surface area (Å²) >= 11 is 5.92. The number of aryl methyl sites for hydroxylation is 1. The van der Waals surface area contributed by atoms with Crippen LogP contribution in [0.5, 0.6) is 0 Å². The molecule has 1 N–H and O–H groups in total. The summed E-state index contributed by atoms with van der Waals surface area (Å²) in [7, 11) is 0. The largest absolute Gasteiger partial charge is 0.307 e. The Hall–Kier alpha value is -1.38. The Morgan fingerprint density at radius 2 is 2.06 bits per heavy atom. The highest BCUT2D eigenvalue weighted by Gasteiger charge is 1.96. The molecule has 0 atom stereocenters. The van der Waals surface area contributed by atoms with Crippen LogP contribution >= 0.6 is 11.6 Å². The monoisotopic (exact) mass is 246 g/mol. The number of aromatic nitrogens is 1. The van der Waals surface area contributed by atoms with Crippen LogP contribution in [0.15, 0.2) is 42.6 Å². The summed E-state index contributed by atoms with van der Waals surface area (Å²) in [6.07, 6.45) is 1.89. The van der Waals surface area contributed by atoms with Crippen molar-refractivity contribution in [2.24, 2.45) is 0 Å². The van der Waals surface area contributed by atoms with E-state index in [0.29, 0.717) is 0 Å². The molecule has 0 unspecified atom stereocenters. The Bertz CT molecular complexity index is 480. The van der Waals surface area contributed by atoms with Gasteiger partial charge >= 0.3 is 0 Å². The zero-order chi connectivity index (χ0) is 12.1. The first-order valence-electron chi connectivity index (χ1n) is 5.61. The molecule has 0 fully saturated rings. The topological polar surface area (TPSA) is 24.9 Å². The van der Waals surface area contributed by atoms with Gasteiger partial charge in [0.2, 0.25) is 0 Å². The van der Waals surface area contributed by atoms with Crippen molar-refractivity contribution in [3.63, 3.8) is 0 Å². The molecule has 0 aliphatic rings. The van der Waals surface area contributed by atoms with E-state index in [2.05, 4.69) is 22.4 Å². The molecule has 88 valence electrons. The van der Waals surface area contributed by atoms with Gasteiger partial charge in [-0.15, -0.1) is 0 Å². The van der Waals surface area contributed by atoms with Crippen LogP contribution in [-0.2, 0) is 13.1 Å². The van der Waals surface area contributed by atoms with Crippen LogP contribution in [0.4, 0.5) is 0 Å². The zero-order valence-electron chi connectivity index (χ0n) is 9.78. The normalized spacial score (nSPS) is 10.5. The van der Waals surface area contributed by atoms with Gasteiger partial charge in [-0.25, -0.2) is 0 Å². The molecular weight excluding hydrogens is 232 g/mol. The van der Waals surface area contributed by atoms with E-state index >= 15 is 0 Å². The summed E-state index contributed by atoms with van der Waals surface area (Å²) in [6.45, 7) is 3.61. The fourth-order valence-corrected chi connectivity index (χ4v) is 1.80. The standard InChI is InChI=1S/C14H15ClN2/c1-11-5-6-14(17-8-11)10-16-9-12-3-2-4-13(15)7-12/h2-8,16H,9-10H2,1H3. The Labute approximate surface area is 107 Å². The molecule has 0 aliphatic heterocycles. The molecule has 1 heterocycles. The molecule has 0 bridgehead atoms. The van der Waals surface area contributed by atoms with Crippen LogP contribution < -0.4 is 5.32 Å². The molecule has 17 heavy (non-hydrogen) atoms. The van der Waals surface area contributed by atoms with Crippen LogP contribution in [0.3, 0.4) is 0 Å². The van der Waals surface area contributed by atoms with E-state index in [-0.39, 0.29) is 0 Å². The van der Waals surface area contributed by atoms with Crippen molar-refractivity contribution in [3.8, 4) is 0 Å². The molecule has 2 aromatic rings. The number of hydrogen-bond donors (Lipinski definition) is 1. The number of nitrogens with one attached hydrogen (secondary N) is 1. The predicted molar refractivity (Wildman–Crippen MR) is 71.0 cm³/mol. The van der Waals surface area contributed by atoms with Crippen molar-refractivity contribution in [3.05, 3.63) is 64.4 Å². The molecule has 0 saturated heterocycles. The zero-order valence-corrected chi connectivity index (χ0v) is 10.5. The fraction of sp³-hybridized carbons (Fsp3) is 0.214. The van der Waals surface area contributed by atoms with Crippen LogP contribution in [0.1, 0.15) is 16.8 Å². The third-order valence-corrected chi connectivity index (χ3v) is 2.73. The smallest absolute Gasteiger partial charge is 0.0541 e. The molecule has 1 aromatic heterocycles.